The van der Waals surface area contributed by atoms with Crippen molar-refractivity contribution in [3.05, 3.63) is 163 Å². The van der Waals surface area contributed by atoms with Gasteiger partial charge < -0.3 is 4.42 Å². The topological polar surface area (TPSA) is 100 Å². The van der Waals surface area contributed by atoms with Crippen molar-refractivity contribution in [1.29, 1.82) is 5.41 Å². The Hall–Kier alpha value is -7.25. The largest absolute Gasteiger partial charge is 0.456 e. The van der Waals surface area contributed by atoms with Gasteiger partial charge in [-0.15, -0.1) is 0 Å². The van der Waals surface area contributed by atoms with Crippen molar-refractivity contribution >= 4 is 66.7 Å². The van der Waals surface area contributed by atoms with Gasteiger partial charge >= 0.3 is 0 Å². The summed E-state index contributed by atoms with van der Waals surface area (Å²) < 4.78 is 6.41. The fraction of sp³-hybridized carbons (Fsp3) is 0. The third kappa shape index (κ3) is 5.03. The SMILES string of the molecule is N=C1C=Cc2ccc3ccc(-c4nc(-c5ccccc5)nc(-c5cccc6oc7cc8ccccc8cc7c56)n4)cc3c2/C1=N/Nc1ccccc1. The smallest absolute Gasteiger partial charge is 0.164 e. The Labute approximate surface area is 298 Å². The first-order valence-electron chi connectivity index (χ1n) is 17.1. The molecular weight excluding hydrogens is 641 g/mol. The van der Waals surface area contributed by atoms with Crippen LogP contribution in [0.2, 0.25) is 0 Å². The van der Waals surface area contributed by atoms with Crippen molar-refractivity contribution in [3.8, 4) is 34.2 Å². The summed E-state index contributed by atoms with van der Waals surface area (Å²) in [6, 6.07) is 48.8. The second kappa shape index (κ2) is 12.0. The van der Waals surface area contributed by atoms with Gasteiger partial charge in [0.05, 0.1) is 11.4 Å². The van der Waals surface area contributed by atoms with Crippen molar-refractivity contribution in [3.63, 3.8) is 0 Å². The summed E-state index contributed by atoms with van der Waals surface area (Å²) >= 11 is 0. The lowest BCUT2D eigenvalue weighted by Gasteiger charge is -2.18. The Morgan fingerprint density at radius 1 is 0.538 bits per heavy atom. The first-order valence-corrected chi connectivity index (χ1v) is 17.1. The molecule has 0 aliphatic heterocycles. The molecule has 0 atom stereocenters. The molecule has 0 radical (unpaired) electrons. The summed E-state index contributed by atoms with van der Waals surface area (Å²) in [6.45, 7) is 0. The molecule has 1 aliphatic rings. The van der Waals surface area contributed by atoms with Gasteiger partial charge in [-0.1, -0.05) is 115 Å². The van der Waals surface area contributed by atoms with Gasteiger partial charge in [0.2, 0.25) is 0 Å². The maximum atomic E-state index is 8.84. The standard InChI is InChI=1S/C45H28N6O/c46-37-23-22-28-20-18-27-19-21-32(25-35(27)40(28)42(37)51-50-33-14-5-2-6-15-33)44-47-43(29-10-3-1-4-11-29)48-45(49-44)34-16-9-17-38-41(34)36-24-30-12-7-8-13-31(30)26-39(36)52-38/h1-26,46,50H/b46-37?,51-42+. The van der Waals surface area contributed by atoms with Gasteiger partial charge in [0.1, 0.15) is 16.9 Å². The number of allylic oxidation sites excluding steroid dienone is 1. The molecule has 0 bridgehead atoms. The second-order valence-corrected chi connectivity index (χ2v) is 12.8. The number of para-hydroxylation sites is 1. The first-order chi connectivity index (χ1) is 25.7. The second-order valence-electron chi connectivity index (χ2n) is 12.8. The van der Waals surface area contributed by atoms with E-state index in [9.17, 15) is 0 Å². The predicted molar refractivity (Wildman–Crippen MR) is 212 cm³/mol. The lowest BCUT2D eigenvalue weighted by molar-refractivity contribution is 0.669. The Morgan fingerprint density at radius 2 is 1.25 bits per heavy atom. The highest BCUT2D eigenvalue weighted by Gasteiger charge is 2.22. The molecule has 0 unspecified atom stereocenters. The number of rotatable bonds is 5. The summed E-state index contributed by atoms with van der Waals surface area (Å²) in [5.74, 6) is 1.67. The molecule has 7 heteroatoms. The van der Waals surface area contributed by atoms with Crippen molar-refractivity contribution in [2.45, 2.75) is 0 Å². The van der Waals surface area contributed by atoms with E-state index in [1.165, 1.54) is 0 Å². The van der Waals surface area contributed by atoms with Crippen LogP contribution in [0.4, 0.5) is 5.69 Å². The van der Waals surface area contributed by atoms with Crippen LogP contribution in [-0.2, 0) is 0 Å². The van der Waals surface area contributed by atoms with E-state index in [4.69, 9.17) is 29.9 Å². The minimum atomic E-state index is 0.329. The Balaban J connectivity index is 1.18. The van der Waals surface area contributed by atoms with Crippen LogP contribution in [0.5, 0.6) is 0 Å². The third-order valence-corrected chi connectivity index (χ3v) is 9.58. The molecule has 9 aromatic rings. The number of fused-ring (bicyclic) bond motifs is 7. The normalized spacial score (nSPS) is 13.4. The minimum absolute atomic E-state index is 0.329. The monoisotopic (exact) mass is 668 g/mol. The average molecular weight is 669 g/mol. The van der Waals surface area contributed by atoms with E-state index in [-0.39, 0.29) is 0 Å². The lowest BCUT2D eigenvalue weighted by atomic mass is 9.88. The number of anilines is 1. The van der Waals surface area contributed by atoms with E-state index >= 15 is 0 Å². The molecule has 0 spiro atoms. The molecule has 0 fully saturated rings. The van der Waals surface area contributed by atoms with Crippen LogP contribution in [0.25, 0.3) is 83.7 Å². The van der Waals surface area contributed by atoms with Gasteiger partial charge in [-0.2, -0.15) is 5.10 Å². The zero-order valence-electron chi connectivity index (χ0n) is 27.7. The van der Waals surface area contributed by atoms with Gasteiger partial charge in [0.25, 0.3) is 0 Å². The molecule has 244 valence electrons. The highest BCUT2D eigenvalue weighted by atomic mass is 16.3. The van der Waals surface area contributed by atoms with E-state index in [2.05, 4.69) is 66.1 Å². The van der Waals surface area contributed by atoms with Gasteiger partial charge in [0.15, 0.2) is 17.5 Å². The number of benzene rings is 7. The molecular formula is C45H28N6O. The van der Waals surface area contributed by atoms with E-state index in [0.29, 0.717) is 28.9 Å². The van der Waals surface area contributed by atoms with Crippen LogP contribution in [0.3, 0.4) is 0 Å². The van der Waals surface area contributed by atoms with Crippen LogP contribution in [0.15, 0.2) is 161 Å². The van der Waals surface area contributed by atoms with E-state index < -0.39 is 0 Å². The molecule has 10 rings (SSSR count). The lowest BCUT2D eigenvalue weighted by Crippen LogP contribution is -2.19. The summed E-state index contributed by atoms with van der Waals surface area (Å²) in [4.78, 5) is 15.3. The molecule has 2 N–H and O–H groups in total. The predicted octanol–water partition coefficient (Wildman–Crippen LogP) is 10.9. The highest BCUT2D eigenvalue weighted by molar-refractivity contribution is 6.55. The van der Waals surface area contributed by atoms with E-state index in [1.807, 2.05) is 91.0 Å². The molecule has 1 aliphatic carbocycles. The average Bonchev–Trinajstić information content (AvgIpc) is 3.57. The summed E-state index contributed by atoms with van der Waals surface area (Å²) in [5, 5.41) is 19.8. The molecule has 7 aromatic carbocycles. The molecule has 7 nitrogen and oxygen atoms in total. The minimum Gasteiger partial charge on any atom is -0.456 e. The van der Waals surface area contributed by atoms with Gasteiger partial charge in [-0.25, -0.2) is 15.0 Å². The van der Waals surface area contributed by atoms with Crippen LogP contribution >= 0.6 is 0 Å². The summed E-state index contributed by atoms with van der Waals surface area (Å²) in [6.07, 6.45) is 3.76. The van der Waals surface area contributed by atoms with Gasteiger partial charge in [-0.05, 0) is 69.6 Å². The van der Waals surface area contributed by atoms with Crippen molar-refractivity contribution in [2.24, 2.45) is 5.10 Å². The fourth-order valence-electron chi connectivity index (χ4n) is 7.05. The van der Waals surface area contributed by atoms with Crippen molar-refractivity contribution < 1.29 is 4.42 Å². The number of hydrogen-bond donors (Lipinski definition) is 2. The fourth-order valence-corrected chi connectivity index (χ4v) is 7.05. The zero-order valence-corrected chi connectivity index (χ0v) is 27.7. The molecule has 0 saturated carbocycles. The quantitative estimate of drug-likeness (QED) is 0.178. The van der Waals surface area contributed by atoms with Crippen molar-refractivity contribution in [1.82, 2.24) is 15.0 Å². The summed E-state index contributed by atoms with van der Waals surface area (Å²) in [7, 11) is 0. The third-order valence-electron chi connectivity index (χ3n) is 9.58. The molecule has 2 heterocycles. The first kappa shape index (κ1) is 29.6. The van der Waals surface area contributed by atoms with Crippen LogP contribution < -0.4 is 5.43 Å². The number of nitrogens with one attached hydrogen (secondary N) is 2. The highest BCUT2D eigenvalue weighted by Crippen LogP contribution is 2.39. The number of hydrazone groups is 1. The van der Waals surface area contributed by atoms with Gasteiger partial charge in [0, 0.05) is 33.0 Å². The number of furan rings is 1. The maximum Gasteiger partial charge on any atom is 0.164 e. The number of nitrogens with zero attached hydrogens (tertiary/aromatic N) is 4. The Morgan fingerprint density at radius 3 is 2.08 bits per heavy atom. The Bertz CT molecular complexity index is 2950. The summed E-state index contributed by atoms with van der Waals surface area (Å²) in [5.41, 5.74) is 10.9. The Kier molecular flexibility index (Phi) is 6.82. The molecule has 52 heavy (non-hydrogen) atoms. The van der Waals surface area contributed by atoms with E-state index in [0.717, 1.165) is 77.0 Å². The molecule has 0 amide bonds. The number of aromatic nitrogens is 3. The van der Waals surface area contributed by atoms with Crippen molar-refractivity contribution in [2.75, 3.05) is 5.43 Å². The van der Waals surface area contributed by atoms with Crippen LogP contribution in [0, 0.1) is 5.41 Å². The maximum absolute atomic E-state index is 8.84. The molecule has 2 aromatic heterocycles. The molecule has 0 saturated heterocycles. The van der Waals surface area contributed by atoms with Crippen LogP contribution in [-0.4, -0.2) is 26.4 Å². The van der Waals surface area contributed by atoms with Gasteiger partial charge in [-0.3, -0.25) is 10.8 Å². The van der Waals surface area contributed by atoms with E-state index in [1.54, 1.807) is 6.08 Å². The number of hydrogen-bond acceptors (Lipinski definition) is 7. The zero-order chi connectivity index (χ0) is 34.6. The van der Waals surface area contributed by atoms with Crippen LogP contribution in [0.1, 0.15) is 11.1 Å².